The van der Waals surface area contributed by atoms with Gasteiger partial charge in [0.25, 0.3) is 0 Å². The molecule has 0 aliphatic carbocycles. The number of imide groups is 1. The van der Waals surface area contributed by atoms with Crippen molar-refractivity contribution in [2.75, 3.05) is 20.1 Å². The molecule has 120 valence electrons. The average Bonchev–Trinajstić information content (AvgIpc) is 3.03. The Morgan fingerprint density at radius 2 is 2.04 bits per heavy atom. The van der Waals surface area contributed by atoms with Crippen LogP contribution in [0.4, 0.5) is 4.79 Å². The SMILES string of the molecule is CNC(=O)NC(=O)CN1CCc2sccc2C1c1ccccc1. The number of nitrogens with zero attached hydrogens (tertiary/aromatic N) is 1. The van der Waals surface area contributed by atoms with Gasteiger partial charge >= 0.3 is 6.03 Å². The first-order valence-electron chi connectivity index (χ1n) is 7.56. The minimum atomic E-state index is -0.473. The van der Waals surface area contributed by atoms with Crippen molar-refractivity contribution in [1.29, 1.82) is 0 Å². The Hall–Kier alpha value is -2.18. The Morgan fingerprint density at radius 3 is 2.78 bits per heavy atom. The molecule has 1 aliphatic rings. The number of fused-ring (bicyclic) bond motifs is 1. The third-order valence-electron chi connectivity index (χ3n) is 4.01. The van der Waals surface area contributed by atoms with E-state index in [1.165, 1.54) is 23.1 Å². The van der Waals surface area contributed by atoms with Crippen LogP contribution in [0.3, 0.4) is 0 Å². The fourth-order valence-corrected chi connectivity index (χ4v) is 3.88. The number of carbonyl (C=O) groups is 2. The van der Waals surface area contributed by atoms with Crippen molar-refractivity contribution in [2.45, 2.75) is 12.5 Å². The molecule has 5 nitrogen and oxygen atoms in total. The molecular weight excluding hydrogens is 310 g/mol. The molecule has 2 N–H and O–H groups in total. The number of hydrogen-bond donors (Lipinski definition) is 2. The van der Waals surface area contributed by atoms with E-state index in [0.29, 0.717) is 0 Å². The molecule has 1 aliphatic heterocycles. The third kappa shape index (κ3) is 3.43. The van der Waals surface area contributed by atoms with E-state index in [2.05, 4.69) is 39.1 Å². The lowest BCUT2D eigenvalue weighted by Gasteiger charge is -2.35. The van der Waals surface area contributed by atoms with Crippen LogP contribution in [0.1, 0.15) is 22.0 Å². The van der Waals surface area contributed by atoms with E-state index in [9.17, 15) is 9.59 Å². The molecule has 2 heterocycles. The molecule has 3 amide bonds. The van der Waals surface area contributed by atoms with Gasteiger partial charge in [0.15, 0.2) is 0 Å². The molecule has 0 saturated carbocycles. The van der Waals surface area contributed by atoms with Gasteiger partial charge in [0.1, 0.15) is 0 Å². The van der Waals surface area contributed by atoms with Gasteiger partial charge in [0, 0.05) is 18.5 Å². The van der Waals surface area contributed by atoms with Crippen molar-refractivity contribution in [2.24, 2.45) is 0 Å². The summed E-state index contributed by atoms with van der Waals surface area (Å²) in [5.41, 5.74) is 2.43. The maximum atomic E-state index is 12.1. The zero-order valence-electron chi connectivity index (χ0n) is 12.9. The molecule has 0 saturated heterocycles. The van der Waals surface area contributed by atoms with Gasteiger partial charge < -0.3 is 5.32 Å². The highest BCUT2D eigenvalue weighted by Crippen LogP contribution is 2.37. The summed E-state index contributed by atoms with van der Waals surface area (Å²) in [6.45, 7) is 0.997. The van der Waals surface area contributed by atoms with Crippen LogP contribution in [-0.2, 0) is 11.2 Å². The summed E-state index contributed by atoms with van der Waals surface area (Å²) in [4.78, 5) is 26.9. The summed E-state index contributed by atoms with van der Waals surface area (Å²) in [5, 5.41) is 6.84. The number of urea groups is 1. The van der Waals surface area contributed by atoms with Crippen LogP contribution in [0.5, 0.6) is 0 Å². The van der Waals surface area contributed by atoms with Gasteiger partial charge in [-0.15, -0.1) is 11.3 Å². The van der Waals surface area contributed by atoms with E-state index in [1.807, 2.05) is 18.2 Å². The second-order valence-corrected chi connectivity index (χ2v) is 6.46. The highest BCUT2D eigenvalue weighted by Gasteiger charge is 2.30. The van der Waals surface area contributed by atoms with E-state index in [0.717, 1.165) is 13.0 Å². The highest BCUT2D eigenvalue weighted by atomic mass is 32.1. The summed E-state index contributed by atoms with van der Waals surface area (Å²) in [6, 6.07) is 11.9. The molecule has 3 rings (SSSR count). The number of amides is 3. The smallest absolute Gasteiger partial charge is 0.321 e. The predicted molar refractivity (Wildman–Crippen MR) is 90.5 cm³/mol. The molecule has 1 aromatic heterocycles. The molecule has 0 fully saturated rings. The second-order valence-electron chi connectivity index (χ2n) is 5.46. The monoisotopic (exact) mass is 329 g/mol. The summed E-state index contributed by atoms with van der Waals surface area (Å²) >= 11 is 1.77. The summed E-state index contributed by atoms with van der Waals surface area (Å²) < 4.78 is 0. The topological polar surface area (TPSA) is 61.4 Å². The van der Waals surface area contributed by atoms with Crippen LogP contribution in [-0.4, -0.2) is 37.0 Å². The van der Waals surface area contributed by atoms with E-state index < -0.39 is 6.03 Å². The van der Waals surface area contributed by atoms with Gasteiger partial charge in [-0.3, -0.25) is 15.0 Å². The maximum Gasteiger partial charge on any atom is 0.321 e. The average molecular weight is 329 g/mol. The first kappa shape index (κ1) is 15.7. The van der Waals surface area contributed by atoms with Crippen LogP contribution in [0, 0.1) is 0 Å². The Bertz CT molecular complexity index is 699. The maximum absolute atomic E-state index is 12.1. The minimum Gasteiger partial charge on any atom is -0.341 e. The fraction of sp³-hybridized carbons (Fsp3) is 0.294. The number of thiophene rings is 1. The van der Waals surface area contributed by atoms with E-state index >= 15 is 0 Å². The standard InChI is InChI=1S/C17H19N3O2S/c1-18-17(22)19-15(21)11-20-9-7-14-13(8-10-23-14)16(20)12-5-3-2-4-6-12/h2-6,8,10,16H,7,9,11H2,1H3,(H2,18,19,21,22). The van der Waals surface area contributed by atoms with E-state index in [1.54, 1.807) is 11.3 Å². The second kappa shape index (κ2) is 6.93. The molecule has 0 bridgehead atoms. The lowest BCUT2D eigenvalue weighted by Crippen LogP contribution is -2.46. The van der Waals surface area contributed by atoms with Gasteiger partial charge in [-0.1, -0.05) is 30.3 Å². The van der Waals surface area contributed by atoms with Crippen LogP contribution < -0.4 is 10.6 Å². The lowest BCUT2D eigenvalue weighted by atomic mass is 9.93. The molecule has 1 atom stereocenters. The number of benzene rings is 1. The van der Waals surface area contributed by atoms with Crippen molar-refractivity contribution in [3.05, 3.63) is 57.8 Å². The summed E-state index contributed by atoms with van der Waals surface area (Å²) in [6.07, 6.45) is 0.934. The number of nitrogens with one attached hydrogen (secondary N) is 2. The minimum absolute atomic E-state index is 0.0571. The molecular formula is C17H19N3O2S. The van der Waals surface area contributed by atoms with Crippen molar-refractivity contribution < 1.29 is 9.59 Å². The van der Waals surface area contributed by atoms with Crippen molar-refractivity contribution in [3.8, 4) is 0 Å². The van der Waals surface area contributed by atoms with Gasteiger partial charge in [0.2, 0.25) is 5.91 Å². The fourth-order valence-electron chi connectivity index (χ4n) is 2.98. The van der Waals surface area contributed by atoms with Gasteiger partial charge in [-0.05, 0) is 29.0 Å². The van der Waals surface area contributed by atoms with Gasteiger partial charge in [-0.2, -0.15) is 0 Å². The highest BCUT2D eigenvalue weighted by molar-refractivity contribution is 7.10. The molecule has 1 unspecified atom stereocenters. The Labute approximate surface area is 139 Å². The van der Waals surface area contributed by atoms with E-state index in [4.69, 9.17) is 0 Å². The Morgan fingerprint density at radius 1 is 1.26 bits per heavy atom. The molecule has 2 aromatic rings. The summed E-state index contributed by atoms with van der Waals surface area (Å²) in [5.74, 6) is -0.288. The van der Waals surface area contributed by atoms with Crippen molar-refractivity contribution >= 4 is 23.3 Å². The normalized spacial score (nSPS) is 17.3. The van der Waals surface area contributed by atoms with Gasteiger partial charge in [-0.25, -0.2) is 4.79 Å². The van der Waals surface area contributed by atoms with Crippen LogP contribution in [0.15, 0.2) is 41.8 Å². The number of rotatable bonds is 3. The Balaban J connectivity index is 1.84. The van der Waals surface area contributed by atoms with Crippen molar-refractivity contribution in [3.63, 3.8) is 0 Å². The van der Waals surface area contributed by atoms with Crippen molar-refractivity contribution in [1.82, 2.24) is 15.5 Å². The third-order valence-corrected chi connectivity index (χ3v) is 5.00. The first-order chi connectivity index (χ1) is 11.2. The molecule has 1 aromatic carbocycles. The van der Waals surface area contributed by atoms with Crippen LogP contribution in [0.25, 0.3) is 0 Å². The molecule has 0 radical (unpaired) electrons. The lowest BCUT2D eigenvalue weighted by molar-refractivity contribution is -0.121. The van der Waals surface area contributed by atoms with Crippen LogP contribution >= 0.6 is 11.3 Å². The number of hydrogen-bond acceptors (Lipinski definition) is 4. The molecule has 6 heteroatoms. The van der Waals surface area contributed by atoms with E-state index in [-0.39, 0.29) is 18.5 Å². The predicted octanol–water partition coefficient (Wildman–Crippen LogP) is 2.15. The Kier molecular flexibility index (Phi) is 4.73. The summed E-state index contributed by atoms with van der Waals surface area (Å²) in [7, 11) is 1.49. The molecule has 0 spiro atoms. The first-order valence-corrected chi connectivity index (χ1v) is 8.44. The molecule has 23 heavy (non-hydrogen) atoms. The number of carbonyl (C=O) groups excluding carboxylic acids is 2. The van der Waals surface area contributed by atoms with Crippen LogP contribution in [0.2, 0.25) is 0 Å². The largest absolute Gasteiger partial charge is 0.341 e. The quantitative estimate of drug-likeness (QED) is 0.907. The van der Waals surface area contributed by atoms with Gasteiger partial charge in [0.05, 0.1) is 12.6 Å². The zero-order valence-corrected chi connectivity index (χ0v) is 13.7. The zero-order chi connectivity index (χ0) is 16.2.